The summed E-state index contributed by atoms with van der Waals surface area (Å²) in [5.41, 5.74) is -3.16. The Balaban J connectivity index is 1.41. The van der Waals surface area contributed by atoms with Crippen LogP contribution < -0.4 is 0 Å². The maximum absolute atomic E-state index is 12.1. The van der Waals surface area contributed by atoms with Gasteiger partial charge in [0.2, 0.25) is 0 Å². The third kappa shape index (κ3) is 2.66. The van der Waals surface area contributed by atoms with Crippen LogP contribution in [-0.4, -0.2) is 67.3 Å². The fourth-order valence-electron chi connectivity index (χ4n) is 12.1. The summed E-state index contributed by atoms with van der Waals surface area (Å²) in [6.07, 6.45) is 3.70. The average molecular weight is 507 g/mol. The molecular weight excluding hydrogens is 456 g/mol. The first-order valence-corrected chi connectivity index (χ1v) is 14.6. The Morgan fingerprint density at radius 3 is 2.00 bits per heavy atom. The van der Waals surface area contributed by atoms with E-state index in [2.05, 4.69) is 27.7 Å². The van der Waals surface area contributed by atoms with Crippen molar-refractivity contribution in [2.45, 2.75) is 142 Å². The van der Waals surface area contributed by atoms with Gasteiger partial charge in [0.05, 0.1) is 41.7 Å². The lowest BCUT2D eigenvalue weighted by Crippen LogP contribution is -2.65. The van der Waals surface area contributed by atoms with Crippen molar-refractivity contribution in [3.63, 3.8) is 0 Å². The van der Waals surface area contributed by atoms with Crippen molar-refractivity contribution in [1.29, 1.82) is 0 Å². The number of hydrogen-bond donors (Lipinski definition) is 5. The quantitative estimate of drug-likeness (QED) is 0.393. The van der Waals surface area contributed by atoms with Crippen LogP contribution in [0.5, 0.6) is 0 Å². The molecule has 6 nitrogen and oxygen atoms in total. The standard InChI is InChI=1S/C30H50O6/c1-24(2)16-8-9-17-27(6)23(34)21(33)22(26(5)12-11-20(36-26)25(3,4)35)28(27,7)19(32)14-30(17)15-29(16,30)13-10-18(24)31/h16-23,31-35H,8-15H2,1-7H3/t16-,17-,18-,19+,20?,21+,22+,23-,26?,27+,28+,29+,30-/m0/s1. The SMILES string of the molecule is CC(C)(O)C1CCC(C)([C@H]2[C@@H](O)[C@H](O)[C@@]3(C)[C@@H]4CC[C@H]5C(C)(C)[C@@H](O)CC[C@@]56C[C@@]46C[C@@H](O)[C@]23C)O1. The van der Waals surface area contributed by atoms with E-state index in [0.29, 0.717) is 25.2 Å². The molecule has 0 amide bonds. The van der Waals surface area contributed by atoms with Crippen LogP contribution in [0.2, 0.25) is 0 Å². The second kappa shape index (κ2) is 7.09. The van der Waals surface area contributed by atoms with E-state index < -0.39 is 46.3 Å². The topological polar surface area (TPSA) is 110 Å². The van der Waals surface area contributed by atoms with Crippen LogP contribution in [0.25, 0.3) is 0 Å². The van der Waals surface area contributed by atoms with Gasteiger partial charge >= 0.3 is 0 Å². The average Bonchev–Trinajstić information content (AvgIpc) is 3.18. The van der Waals surface area contributed by atoms with Crippen molar-refractivity contribution in [2.75, 3.05) is 0 Å². The minimum atomic E-state index is -0.993. The maximum atomic E-state index is 12.1. The number of ether oxygens (including phenoxy) is 1. The van der Waals surface area contributed by atoms with E-state index in [1.807, 2.05) is 6.92 Å². The van der Waals surface area contributed by atoms with Crippen LogP contribution in [0.3, 0.4) is 0 Å². The lowest BCUT2D eigenvalue weighted by molar-refractivity contribution is -0.239. The summed E-state index contributed by atoms with van der Waals surface area (Å²) in [6, 6.07) is 0. The third-order valence-corrected chi connectivity index (χ3v) is 14.0. The van der Waals surface area contributed by atoms with Crippen molar-refractivity contribution in [2.24, 2.45) is 44.8 Å². The van der Waals surface area contributed by atoms with Gasteiger partial charge in [-0.15, -0.1) is 0 Å². The van der Waals surface area contributed by atoms with Gasteiger partial charge in [0.1, 0.15) is 0 Å². The van der Waals surface area contributed by atoms with E-state index in [-0.39, 0.29) is 34.4 Å². The minimum absolute atomic E-state index is 0.0380. The molecule has 0 aromatic carbocycles. The Labute approximate surface area is 216 Å². The molecule has 5 saturated carbocycles. The summed E-state index contributed by atoms with van der Waals surface area (Å²) in [5, 5.41) is 57.3. The van der Waals surface area contributed by atoms with Crippen LogP contribution in [0.4, 0.5) is 0 Å². The molecule has 0 aromatic rings. The predicted molar refractivity (Wildman–Crippen MR) is 136 cm³/mol. The van der Waals surface area contributed by atoms with Crippen LogP contribution in [0.15, 0.2) is 0 Å². The molecule has 1 aliphatic heterocycles. The molecule has 206 valence electrons. The molecule has 1 heterocycles. The summed E-state index contributed by atoms with van der Waals surface area (Å²) in [7, 11) is 0. The van der Waals surface area contributed by atoms with Crippen LogP contribution in [0.1, 0.15) is 99.8 Å². The van der Waals surface area contributed by atoms with Gasteiger partial charge in [-0.25, -0.2) is 0 Å². The summed E-state index contributed by atoms with van der Waals surface area (Å²) in [6.45, 7) is 14.3. The van der Waals surface area contributed by atoms with Crippen LogP contribution >= 0.6 is 0 Å². The normalized spacial score (nSPS) is 61.7. The molecule has 1 saturated heterocycles. The van der Waals surface area contributed by atoms with E-state index in [1.54, 1.807) is 13.8 Å². The number of hydrogen-bond acceptors (Lipinski definition) is 6. The number of fused-ring (bicyclic) bond motifs is 2. The summed E-state index contributed by atoms with van der Waals surface area (Å²) >= 11 is 0. The molecule has 2 unspecified atom stereocenters. The highest BCUT2D eigenvalue weighted by molar-refractivity contribution is 5.34. The van der Waals surface area contributed by atoms with Crippen molar-refractivity contribution >= 4 is 0 Å². The van der Waals surface area contributed by atoms with E-state index in [9.17, 15) is 25.5 Å². The summed E-state index contributed by atoms with van der Waals surface area (Å²) < 4.78 is 6.56. The van der Waals surface area contributed by atoms with E-state index >= 15 is 0 Å². The molecule has 5 aliphatic carbocycles. The first kappa shape index (κ1) is 26.0. The molecule has 6 rings (SSSR count). The number of aliphatic hydroxyl groups is 5. The van der Waals surface area contributed by atoms with Crippen LogP contribution in [0, 0.1) is 44.8 Å². The Kier molecular flexibility index (Phi) is 5.12. The highest BCUT2D eigenvalue weighted by Gasteiger charge is 2.86. The molecular formula is C30H50O6. The lowest BCUT2D eigenvalue weighted by Gasteiger charge is -2.65. The summed E-state index contributed by atoms with van der Waals surface area (Å²) in [4.78, 5) is 0. The molecule has 6 aliphatic rings. The predicted octanol–water partition coefficient (Wildman–Crippen LogP) is 3.41. The van der Waals surface area contributed by atoms with E-state index in [1.165, 1.54) is 0 Å². The van der Waals surface area contributed by atoms with Gasteiger partial charge in [-0.05, 0) is 100 Å². The lowest BCUT2D eigenvalue weighted by atomic mass is 9.40. The second-order valence-electron chi connectivity index (χ2n) is 15.9. The largest absolute Gasteiger partial charge is 0.393 e. The second-order valence-corrected chi connectivity index (χ2v) is 15.9. The molecule has 2 spiro atoms. The highest BCUT2D eigenvalue weighted by atomic mass is 16.5. The van der Waals surface area contributed by atoms with Crippen molar-refractivity contribution in [3.8, 4) is 0 Å². The molecule has 36 heavy (non-hydrogen) atoms. The van der Waals surface area contributed by atoms with Gasteiger partial charge < -0.3 is 30.3 Å². The van der Waals surface area contributed by atoms with Gasteiger partial charge in [0.25, 0.3) is 0 Å². The molecule has 0 bridgehead atoms. The Bertz CT molecular complexity index is 944. The fourth-order valence-corrected chi connectivity index (χ4v) is 12.1. The molecule has 13 atom stereocenters. The van der Waals surface area contributed by atoms with Crippen molar-refractivity contribution in [1.82, 2.24) is 0 Å². The molecule has 0 radical (unpaired) electrons. The summed E-state index contributed by atoms with van der Waals surface area (Å²) in [5.74, 6) is 0.208. The first-order chi connectivity index (χ1) is 16.4. The van der Waals surface area contributed by atoms with Gasteiger partial charge in [0, 0.05) is 16.7 Å². The monoisotopic (exact) mass is 506 g/mol. The molecule has 0 aromatic heterocycles. The van der Waals surface area contributed by atoms with Crippen LogP contribution in [-0.2, 0) is 4.74 Å². The Morgan fingerprint density at radius 1 is 0.750 bits per heavy atom. The zero-order chi connectivity index (χ0) is 26.5. The molecule has 6 heteroatoms. The Morgan fingerprint density at radius 2 is 1.39 bits per heavy atom. The maximum Gasteiger partial charge on any atom is 0.0866 e. The fraction of sp³-hybridized carbons (Fsp3) is 1.00. The van der Waals surface area contributed by atoms with E-state index in [4.69, 9.17) is 4.74 Å². The number of rotatable bonds is 2. The van der Waals surface area contributed by atoms with Gasteiger partial charge in [-0.1, -0.05) is 27.7 Å². The van der Waals surface area contributed by atoms with Crippen molar-refractivity contribution < 1.29 is 30.3 Å². The minimum Gasteiger partial charge on any atom is -0.393 e. The smallest absolute Gasteiger partial charge is 0.0866 e. The molecule has 5 N–H and O–H groups in total. The van der Waals surface area contributed by atoms with Gasteiger partial charge in [-0.2, -0.15) is 0 Å². The zero-order valence-corrected chi connectivity index (χ0v) is 23.4. The van der Waals surface area contributed by atoms with Gasteiger partial charge in [-0.3, -0.25) is 0 Å². The zero-order valence-electron chi connectivity index (χ0n) is 23.4. The third-order valence-electron chi connectivity index (χ3n) is 14.0. The van der Waals surface area contributed by atoms with E-state index in [0.717, 1.165) is 32.1 Å². The van der Waals surface area contributed by atoms with Gasteiger partial charge in [0.15, 0.2) is 0 Å². The molecule has 6 fully saturated rings. The highest BCUT2D eigenvalue weighted by Crippen LogP contribution is 2.89. The Hall–Kier alpha value is -0.240. The first-order valence-electron chi connectivity index (χ1n) is 14.6. The number of aliphatic hydroxyl groups excluding tert-OH is 4. The van der Waals surface area contributed by atoms with Crippen molar-refractivity contribution in [3.05, 3.63) is 0 Å².